The molecule has 5 nitrogen and oxygen atoms in total. The van der Waals surface area contributed by atoms with Gasteiger partial charge in [0.15, 0.2) is 0 Å². The third-order valence-corrected chi connectivity index (χ3v) is 4.39. The zero-order chi connectivity index (χ0) is 18.3. The van der Waals surface area contributed by atoms with Gasteiger partial charge < -0.3 is 4.98 Å². The number of nitrogens with one attached hydrogen (secondary N) is 1. The van der Waals surface area contributed by atoms with Crippen molar-refractivity contribution in [3.8, 4) is 0 Å². The second-order valence-corrected chi connectivity index (χ2v) is 6.50. The van der Waals surface area contributed by atoms with Gasteiger partial charge in [-0.3, -0.25) is 4.79 Å². The first-order valence-corrected chi connectivity index (χ1v) is 8.36. The van der Waals surface area contributed by atoms with Crippen molar-refractivity contribution in [2.45, 2.75) is 19.8 Å². The third-order valence-electron chi connectivity index (χ3n) is 4.39. The van der Waals surface area contributed by atoms with E-state index in [2.05, 4.69) is 28.9 Å². The fraction of sp³-hybridized carbons (Fsp3) is 0.150. The number of H-pyrrole nitrogens is 1. The van der Waals surface area contributed by atoms with Crippen molar-refractivity contribution in [1.29, 1.82) is 0 Å². The summed E-state index contributed by atoms with van der Waals surface area (Å²) in [6.45, 7) is 4.27. The second-order valence-electron chi connectivity index (χ2n) is 6.50. The molecule has 4 aromatic rings. The number of aromatic nitrogens is 3. The van der Waals surface area contributed by atoms with Gasteiger partial charge in [0.25, 0.3) is 5.56 Å². The van der Waals surface area contributed by atoms with Crippen LogP contribution in [0.5, 0.6) is 0 Å². The van der Waals surface area contributed by atoms with E-state index >= 15 is 0 Å². The SMILES string of the molecule is CC(C)c1ccc(/C=N/n2cnc3c([nH]c4ccc(F)cc43)c2=O)cc1. The fourth-order valence-electron chi connectivity index (χ4n) is 2.90. The molecule has 0 fully saturated rings. The summed E-state index contributed by atoms with van der Waals surface area (Å²) in [6.07, 6.45) is 2.96. The Morgan fingerprint density at radius 1 is 1.19 bits per heavy atom. The number of hydrogen-bond acceptors (Lipinski definition) is 3. The van der Waals surface area contributed by atoms with Crippen LogP contribution in [-0.2, 0) is 0 Å². The summed E-state index contributed by atoms with van der Waals surface area (Å²) < 4.78 is 14.6. The second kappa shape index (κ2) is 6.22. The van der Waals surface area contributed by atoms with E-state index in [9.17, 15) is 9.18 Å². The molecule has 0 radical (unpaired) electrons. The highest BCUT2D eigenvalue weighted by atomic mass is 19.1. The summed E-state index contributed by atoms with van der Waals surface area (Å²) in [5, 5.41) is 4.79. The van der Waals surface area contributed by atoms with Crippen LogP contribution >= 0.6 is 0 Å². The third kappa shape index (κ3) is 2.79. The summed E-state index contributed by atoms with van der Waals surface area (Å²) in [6, 6.07) is 12.3. The Kier molecular flexibility index (Phi) is 3.88. The standard InChI is InChI=1S/C20H17FN4O/c1-12(2)14-5-3-13(4-6-14)10-23-25-11-22-18-16-9-15(21)7-8-17(16)24-19(18)20(25)26/h3-12,24H,1-2H3/b23-10+. The lowest BCUT2D eigenvalue weighted by atomic mass is 10.0. The van der Waals surface area contributed by atoms with Crippen molar-refractivity contribution >= 4 is 28.2 Å². The molecular formula is C20H17FN4O. The van der Waals surface area contributed by atoms with Crippen LogP contribution in [0.1, 0.15) is 30.9 Å². The first kappa shape index (κ1) is 16.2. The molecule has 130 valence electrons. The van der Waals surface area contributed by atoms with Crippen LogP contribution in [0.2, 0.25) is 0 Å². The van der Waals surface area contributed by atoms with Crippen molar-refractivity contribution in [3.05, 3.63) is 76.1 Å². The number of aromatic amines is 1. The quantitative estimate of drug-likeness (QED) is 0.568. The molecule has 2 heterocycles. The van der Waals surface area contributed by atoms with Crippen LogP contribution in [0.3, 0.4) is 0 Å². The molecule has 26 heavy (non-hydrogen) atoms. The van der Waals surface area contributed by atoms with Crippen LogP contribution in [0.4, 0.5) is 4.39 Å². The highest BCUT2D eigenvalue weighted by Gasteiger charge is 2.11. The molecule has 1 N–H and O–H groups in total. The van der Waals surface area contributed by atoms with Crippen LogP contribution in [0.25, 0.3) is 21.9 Å². The smallest absolute Gasteiger partial charge is 0.298 e. The van der Waals surface area contributed by atoms with Crippen LogP contribution in [-0.4, -0.2) is 20.9 Å². The van der Waals surface area contributed by atoms with Gasteiger partial charge in [0, 0.05) is 10.9 Å². The maximum absolute atomic E-state index is 13.5. The fourth-order valence-corrected chi connectivity index (χ4v) is 2.90. The normalized spacial score (nSPS) is 12.0. The minimum atomic E-state index is -0.368. The van der Waals surface area contributed by atoms with Gasteiger partial charge in [-0.05, 0) is 35.2 Å². The number of benzene rings is 2. The lowest BCUT2D eigenvalue weighted by molar-refractivity contribution is 0.630. The minimum absolute atomic E-state index is 0.306. The molecule has 0 saturated heterocycles. The van der Waals surface area contributed by atoms with Gasteiger partial charge in [0.05, 0.1) is 6.21 Å². The molecule has 4 rings (SSSR count). The maximum Gasteiger partial charge on any atom is 0.298 e. The van der Waals surface area contributed by atoms with E-state index in [1.807, 2.05) is 24.3 Å². The molecule has 0 amide bonds. The predicted octanol–water partition coefficient (Wildman–Crippen LogP) is 4.02. The van der Waals surface area contributed by atoms with Gasteiger partial charge in [0.1, 0.15) is 23.2 Å². The first-order chi connectivity index (χ1) is 12.5. The zero-order valence-electron chi connectivity index (χ0n) is 14.4. The van der Waals surface area contributed by atoms with Crippen LogP contribution in [0, 0.1) is 5.82 Å². The number of hydrogen-bond donors (Lipinski definition) is 1. The molecule has 0 spiro atoms. The Balaban J connectivity index is 1.74. The summed E-state index contributed by atoms with van der Waals surface area (Å²) in [4.78, 5) is 19.9. The average molecular weight is 348 g/mol. The summed E-state index contributed by atoms with van der Waals surface area (Å²) in [5.41, 5.74) is 3.21. The molecule has 0 aliphatic carbocycles. The maximum atomic E-state index is 13.5. The van der Waals surface area contributed by atoms with Crippen molar-refractivity contribution in [2.75, 3.05) is 0 Å². The Labute approximate surface area is 148 Å². The van der Waals surface area contributed by atoms with Crippen molar-refractivity contribution in [1.82, 2.24) is 14.6 Å². The highest BCUT2D eigenvalue weighted by molar-refractivity contribution is 6.04. The van der Waals surface area contributed by atoms with E-state index in [1.54, 1.807) is 12.3 Å². The molecular weight excluding hydrogens is 331 g/mol. The zero-order valence-corrected chi connectivity index (χ0v) is 14.4. The lowest BCUT2D eigenvalue weighted by Crippen LogP contribution is -2.17. The molecule has 0 aliphatic rings. The van der Waals surface area contributed by atoms with E-state index in [1.165, 1.54) is 28.7 Å². The molecule has 0 bridgehead atoms. The van der Waals surface area contributed by atoms with Gasteiger partial charge in [-0.15, -0.1) is 0 Å². The van der Waals surface area contributed by atoms with Gasteiger partial charge in [-0.1, -0.05) is 38.1 Å². The topological polar surface area (TPSA) is 63.0 Å². The van der Waals surface area contributed by atoms with E-state index in [4.69, 9.17) is 0 Å². The Morgan fingerprint density at radius 2 is 1.96 bits per heavy atom. The number of fused-ring (bicyclic) bond motifs is 3. The average Bonchev–Trinajstić information content (AvgIpc) is 3.00. The van der Waals surface area contributed by atoms with Gasteiger partial charge in [-0.25, -0.2) is 9.37 Å². The lowest BCUT2D eigenvalue weighted by Gasteiger charge is -2.04. The van der Waals surface area contributed by atoms with Crippen LogP contribution < -0.4 is 5.56 Å². The van der Waals surface area contributed by atoms with E-state index in [0.29, 0.717) is 27.9 Å². The Hall–Kier alpha value is -3.28. The molecule has 2 aromatic carbocycles. The minimum Gasteiger partial charge on any atom is -0.349 e. The van der Waals surface area contributed by atoms with Gasteiger partial charge >= 0.3 is 0 Å². The summed E-state index contributed by atoms with van der Waals surface area (Å²) in [7, 11) is 0. The van der Waals surface area contributed by atoms with Gasteiger partial charge in [0.2, 0.25) is 0 Å². The molecule has 0 saturated carbocycles. The number of rotatable bonds is 3. The highest BCUT2D eigenvalue weighted by Crippen LogP contribution is 2.22. The Morgan fingerprint density at radius 3 is 2.69 bits per heavy atom. The molecule has 0 unspecified atom stereocenters. The van der Waals surface area contributed by atoms with E-state index in [-0.39, 0.29) is 11.4 Å². The number of nitrogens with zero attached hydrogens (tertiary/aromatic N) is 3. The summed E-state index contributed by atoms with van der Waals surface area (Å²) in [5.74, 6) is 0.0920. The summed E-state index contributed by atoms with van der Waals surface area (Å²) >= 11 is 0. The Bertz CT molecular complexity index is 1190. The number of halogens is 1. The van der Waals surface area contributed by atoms with Crippen molar-refractivity contribution in [2.24, 2.45) is 5.10 Å². The molecule has 0 atom stereocenters. The van der Waals surface area contributed by atoms with Crippen molar-refractivity contribution in [3.63, 3.8) is 0 Å². The van der Waals surface area contributed by atoms with Crippen LogP contribution in [0.15, 0.2) is 58.7 Å². The predicted molar refractivity (Wildman–Crippen MR) is 101 cm³/mol. The largest absolute Gasteiger partial charge is 0.349 e. The molecule has 6 heteroatoms. The molecule has 2 aromatic heterocycles. The van der Waals surface area contributed by atoms with Crippen molar-refractivity contribution < 1.29 is 4.39 Å². The van der Waals surface area contributed by atoms with Gasteiger partial charge in [-0.2, -0.15) is 9.78 Å². The monoisotopic (exact) mass is 348 g/mol. The molecule has 0 aliphatic heterocycles. The van der Waals surface area contributed by atoms with E-state index < -0.39 is 0 Å². The first-order valence-electron chi connectivity index (χ1n) is 8.36. The van der Waals surface area contributed by atoms with E-state index in [0.717, 1.165) is 5.56 Å².